The minimum Gasteiger partial charge on any atom is -0.481 e. The van der Waals surface area contributed by atoms with Gasteiger partial charge in [-0.3, -0.25) is 9.59 Å². The molecule has 20 heavy (non-hydrogen) atoms. The molecule has 4 nitrogen and oxygen atoms in total. The van der Waals surface area contributed by atoms with Crippen LogP contribution in [0.5, 0.6) is 0 Å². The molecule has 0 aromatic heterocycles. The monoisotopic (exact) mass is 282 g/mol. The van der Waals surface area contributed by atoms with E-state index in [-0.39, 0.29) is 11.8 Å². The summed E-state index contributed by atoms with van der Waals surface area (Å²) in [5.41, 5.74) is 0. The molecule has 2 N–H and O–H groups in total. The Hall–Kier alpha value is -1.06. The fraction of sp³-hybridized carbons (Fsp3) is 0.875. The van der Waals surface area contributed by atoms with Crippen molar-refractivity contribution in [1.29, 1.82) is 0 Å². The molecule has 6 unspecified atom stereocenters. The van der Waals surface area contributed by atoms with Crippen LogP contribution in [0.3, 0.4) is 0 Å². The van der Waals surface area contributed by atoms with Crippen LogP contribution in [0.1, 0.15) is 52.4 Å². The maximum Gasteiger partial charge on any atom is 0.307 e. The predicted octanol–water partition coefficient (Wildman–Crippen LogP) is 3.26. The number of carbonyl (C=O) groups is 2. The Morgan fingerprint density at radius 2 is 1.35 bits per heavy atom. The Morgan fingerprint density at radius 3 is 1.80 bits per heavy atom. The third-order valence-electron chi connectivity index (χ3n) is 5.80. The van der Waals surface area contributed by atoms with Gasteiger partial charge in [0, 0.05) is 0 Å². The summed E-state index contributed by atoms with van der Waals surface area (Å²) in [6, 6.07) is 0. The van der Waals surface area contributed by atoms with E-state index in [1.807, 2.05) is 6.92 Å². The lowest BCUT2D eigenvalue weighted by Gasteiger charge is -2.51. The Kier molecular flexibility index (Phi) is 4.71. The molecule has 0 spiro atoms. The largest absolute Gasteiger partial charge is 0.481 e. The van der Waals surface area contributed by atoms with Gasteiger partial charge in [0.2, 0.25) is 0 Å². The Morgan fingerprint density at radius 1 is 0.850 bits per heavy atom. The molecule has 0 radical (unpaired) electrons. The number of carboxylic acid groups (broad SMARTS) is 2. The first kappa shape index (κ1) is 15.3. The summed E-state index contributed by atoms with van der Waals surface area (Å²) in [7, 11) is 0. The number of carboxylic acids is 2. The zero-order valence-corrected chi connectivity index (χ0v) is 12.4. The average Bonchev–Trinajstić information content (AvgIpc) is 2.43. The van der Waals surface area contributed by atoms with Crippen LogP contribution >= 0.6 is 0 Å². The topological polar surface area (TPSA) is 74.6 Å². The minimum absolute atomic E-state index is 0.0120. The molecule has 0 aromatic rings. The van der Waals surface area contributed by atoms with E-state index in [0.717, 1.165) is 38.5 Å². The highest BCUT2D eigenvalue weighted by atomic mass is 16.4. The molecule has 0 bridgehead atoms. The van der Waals surface area contributed by atoms with Gasteiger partial charge in [-0.1, -0.05) is 39.5 Å². The van der Waals surface area contributed by atoms with Crippen molar-refractivity contribution in [3.63, 3.8) is 0 Å². The Bertz CT molecular complexity index is 357. The van der Waals surface area contributed by atoms with Gasteiger partial charge in [0.25, 0.3) is 0 Å². The average molecular weight is 282 g/mol. The summed E-state index contributed by atoms with van der Waals surface area (Å²) in [5.74, 6) is -2.34. The van der Waals surface area contributed by atoms with E-state index in [9.17, 15) is 19.8 Å². The molecular formula is C16H26O4. The number of rotatable bonds is 4. The van der Waals surface area contributed by atoms with Crippen molar-refractivity contribution < 1.29 is 19.8 Å². The lowest BCUT2D eigenvalue weighted by molar-refractivity contribution is -0.170. The van der Waals surface area contributed by atoms with E-state index < -0.39 is 23.8 Å². The second-order valence-corrected chi connectivity index (χ2v) is 6.48. The Labute approximate surface area is 120 Å². The smallest absolute Gasteiger partial charge is 0.307 e. The van der Waals surface area contributed by atoms with E-state index in [1.165, 1.54) is 0 Å². The molecular weight excluding hydrogens is 256 g/mol. The van der Waals surface area contributed by atoms with Gasteiger partial charge in [0.15, 0.2) is 0 Å². The Balaban J connectivity index is 2.42. The summed E-state index contributed by atoms with van der Waals surface area (Å²) >= 11 is 0. The number of hydrogen-bond acceptors (Lipinski definition) is 2. The van der Waals surface area contributed by atoms with E-state index in [2.05, 4.69) is 6.92 Å². The third kappa shape index (κ3) is 2.45. The van der Waals surface area contributed by atoms with E-state index >= 15 is 0 Å². The van der Waals surface area contributed by atoms with Crippen molar-refractivity contribution >= 4 is 11.9 Å². The van der Waals surface area contributed by atoms with Crippen LogP contribution in [0.25, 0.3) is 0 Å². The van der Waals surface area contributed by atoms with E-state index in [0.29, 0.717) is 11.8 Å². The SMILES string of the molecule is CCC1C2CCCCC2C(C(=O)O)C(C(=O)O)C1CC. The fourth-order valence-electron chi connectivity index (χ4n) is 5.12. The molecule has 2 saturated carbocycles. The van der Waals surface area contributed by atoms with Gasteiger partial charge in [-0.25, -0.2) is 0 Å². The van der Waals surface area contributed by atoms with Crippen molar-refractivity contribution in [3.05, 3.63) is 0 Å². The third-order valence-corrected chi connectivity index (χ3v) is 5.80. The molecule has 2 rings (SSSR count). The van der Waals surface area contributed by atoms with Crippen LogP contribution < -0.4 is 0 Å². The van der Waals surface area contributed by atoms with Crippen LogP contribution in [-0.4, -0.2) is 22.2 Å². The van der Waals surface area contributed by atoms with Gasteiger partial charge >= 0.3 is 11.9 Å². The molecule has 2 aliphatic carbocycles. The zero-order valence-electron chi connectivity index (χ0n) is 12.4. The highest BCUT2D eigenvalue weighted by Gasteiger charge is 2.54. The molecule has 0 heterocycles. The van der Waals surface area contributed by atoms with Crippen LogP contribution in [0.15, 0.2) is 0 Å². The van der Waals surface area contributed by atoms with Crippen LogP contribution in [-0.2, 0) is 9.59 Å². The zero-order chi connectivity index (χ0) is 14.9. The fourth-order valence-corrected chi connectivity index (χ4v) is 5.12. The molecule has 0 aromatic carbocycles. The normalized spacial score (nSPS) is 40.9. The summed E-state index contributed by atoms with van der Waals surface area (Å²) in [6.45, 7) is 4.13. The number of aliphatic carboxylic acids is 2. The van der Waals surface area contributed by atoms with Crippen LogP contribution in [0.4, 0.5) is 0 Å². The molecule has 114 valence electrons. The first-order valence-electron chi connectivity index (χ1n) is 7.98. The summed E-state index contributed by atoms with van der Waals surface area (Å²) in [5, 5.41) is 19.2. The molecule has 0 saturated heterocycles. The first-order chi connectivity index (χ1) is 9.52. The quantitative estimate of drug-likeness (QED) is 0.830. The van der Waals surface area contributed by atoms with Crippen molar-refractivity contribution in [3.8, 4) is 0 Å². The van der Waals surface area contributed by atoms with Crippen molar-refractivity contribution in [1.82, 2.24) is 0 Å². The molecule has 2 fully saturated rings. The second kappa shape index (κ2) is 6.15. The first-order valence-corrected chi connectivity index (χ1v) is 7.98. The molecule has 2 aliphatic rings. The summed E-state index contributed by atoms with van der Waals surface area (Å²) in [4.78, 5) is 23.4. The van der Waals surface area contributed by atoms with Crippen molar-refractivity contribution in [2.45, 2.75) is 52.4 Å². The maximum atomic E-state index is 11.7. The van der Waals surface area contributed by atoms with E-state index in [4.69, 9.17) is 0 Å². The lowest BCUT2D eigenvalue weighted by Crippen LogP contribution is -2.52. The molecule has 0 amide bonds. The summed E-state index contributed by atoms with van der Waals surface area (Å²) < 4.78 is 0. The minimum atomic E-state index is -0.910. The highest BCUT2D eigenvalue weighted by molar-refractivity contribution is 5.81. The van der Waals surface area contributed by atoms with E-state index in [1.54, 1.807) is 0 Å². The van der Waals surface area contributed by atoms with Gasteiger partial charge in [0.1, 0.15) is 0 Å². The van der Waals surface area contributed by atoms with Gasteiger partial charge in [-0.05, 0) is 36.5 Å². The standard InChI is InChI=1S/C16H26O4/c1-3-9-10(4-2)13(15(17)18)14(16(19)20)12-8-6-5-7-11(9)12/h9-14H,3-8H2,1-2H3,(H,17,18)(H,19,20). The predicted molar refractivity (Wildman–Crippen MR) is 75.3 cm³/mol. The van der Waals surface area contributed by atoms with Crippen LogP contribution in [0.2, 0.25) is 0 Å². The van der Waals surface area contributed by atoms with Crippen LogP contribution in [0, 0.1) is 35.5 Å². The molecule has 6 atom stereocenters. The van der Waals surface area contributed by atoms with Crippen molar-refractivity contribution in [2.24, 2.45) is 35.5 Å². The maximum absolute atomic E-state index is 11.7. The highest BCUT2D eigenvalue weighted by Crippen LogP contribution is 2.53. The molecule has 0 aliphatic heterocycles. The van der Waals surface area contributed by atoms with Gasteiger partial charge in [0.05, 0.1) is 11.8 Å². The number of fused-ring (bicyclic) bond motifs is 1. The van der Waals surface area contributed by atoms with Crippen molar-refractivity contribution in [2.75, 3.05) is 0 Å². The number of hydrogen-bond donors (Lipinski definition) is 2. The lowest BCUT2D eigenvalue weighted by atomic mass is 9.52. The van der Waals surface area contributed by atoms with Gasteiger partial charge in [-0.15, -0.1) is 0 Å². The summed E-state index contributed by atoms with van der Waals surface area (Å²) in [6.07, 6.45) is 5.91. The van der Waals surface area contributed by atoms with Gasteiger partial charge < -0.3 is 10.2 Å². The second-order valence-electron chi connectivity index (χ2n) is 6.48. The molecule has 4 heteroatoms. The van der Waals surface area contributed by atoms with Gasteiger partial charge in [-0.2, -0.15) is 0 Å².